The van der Waals surface area contributed by atoms with E-state index in [1.165, 1.54) is 7.11 Å². The van der Waals surface area contributed by atoms with Crippen molar-refractivity contribution < 1.29 is 23.9 Å². The quantitative estimate of drug-likeness (QED) is 0.501. The highest BCUT2D eigenvalue weighted by molar-refractivity contribution is 6.03. The summed E-state index contributed by atoms with van der Waals surface area (Å²) in [6, 6.07) is 7.10. The summed E-state index contributed by atoms with van der Waals surface area (Å²) < 4.78 is 9.73. The van der Waals surface area contributed by atoms with Crippen molar-refractivity contribution in [2.45, 2.75) is 45.3 Å². The molecule has 1 atom stereocenters. The Labute approximate surface area is 152 Å². The molecule has 0 aliphatic carbocycles. The number of nitrogens with zero attached hydrogens (tertiary/aromatic N) is 2. The molecule has 1 heterocycles. The van der Waals surface area contributed by atoms with Crippen molar-refractivity contribution in [2.75, 3.05) is 7.11 Å². The Morgan fingerprint density at radius 2 is 1.96 bits per heavy atom. The topological polar surface area (TPSA) is 113 Å². The van der Waals surface area contributed by atoms with E-state index in [2.05, 4.69) is 14.9 Å². The van der Waals surface area contributed by atoms with E-state index in [1.807, 2.05) is 12.1 Å². The van der Waals surface area contributed by atoms with Gasteiger partial charge in [-0.1, -0.05) is 29.4 Å². The maximum absolute atomic E-state index is 11.7. The van der Waals surface area contributed by atoms with Crippen LogP contribution in [0.4, 0.5) is 4.79 Å². The Hall–Kier alpha value is -2.90. The lowest BCUT2D eigenvalue weighted by atomic mass is 10.0. The molecule has 1 aromatic rings. The van der Waals surface area contributed by atoms with Crippen molar-refractivity contribution in [3.63, 3.8) is 0 Å². The molecular weight excluding hydrogens is 338 g/mol. The minimum Gasteiger partial charge on any atom is -0.469 e. The summed E-state index contributed by atoms with van der Waals surface area (Å²) in [5, 5.41) is 3.92. The molecule has 0 radical (unpaired) electrons. The largest absolute Gasteiger partial charge is 0.469 e. The highest BCUT2D eigenvalue weighted by atomic mass is 16.6. The van der Waals surface area contributed by atoms with Gasteiger partial charge in [0.05, 0.1) is 19.2 Å². The summed E-state index contributed by atoms with van der Waals surface area (Å²) in [4.78, 5) is 32.1. The fourth-order valence-corrected chi connectivity index (χ4v) is 2.26. The Balaban J connectivity index is 1.98. The Morgan fingerprint density at radius 1 is 1.31 bits per heavy atom. The lowest BCUT2D eigenvalue weighted by Crippen LogP contribution is -2.24. The van der Waals surface area contributed by atoms with E-state index in [-0.39, 0.29) is 24.3 Å². The van der Waals surface area contributed by atoms with E-state index in [9.17, 15) is 9.59 Å². The number of ether oxygens (including phenoxy) is 2. The molecule has 1 aliphatic rings. The number of nitrogens with two attached hydrogens (primary N) is 1. The third kappa shape index (κ3) is 5.58. The molecule has 1 unspecified atom stereocenters. The van der Waals surface area contributed by atoms with E-state index < -0.39 is 11.7 Å². The second kappa shape index (κ2) is 7.99. The van der Waals surface area contributed by atoms with Crippen LogP contribution in [-0.4, -0.2) is 36.3 Å². The SMILES string of the molecule is COC(=O)CC1=NOC(c2ccc(/C(N)=N/C(=O)OC(C)(C)C)cc2)C1. The first kappa shape index (κ1) is 19.4. The standard InChI is InChI=1S/C18H23N3O5/c1-18(2,3)25-17(23)20-16(19)12-7-5-11(6-8-12)14-9-13(21-26-14)10-15(22)24-4/h5-8,14H,9-10H2,1-4H3,(H2,19,20,23). The minimum absolute atomic E-state index is 0.0702. The monoisotopic (exact) mass is 361 g/mol. The second-order valence-electron chi connectivity index (χ2n) is 6.81. The van der Waals surface area contributed by atoms with E-state index in [1.54, 1.807) is 32.9 Å². The van der Waals surface area contributed by atoms with Gasteiger partial charge < -0.3 is 20.0 Å². The molecule has 2 rings (SSSR count). The molecule has 8 nitrogen and oxygen atoms in total. The van der Waals surface area contributed by atoms with Crippen LogP contribution in [0.2, 0.25) is 0 Å². The number of carbonyl (C=O) groups excluding carboxylic acids is 2. The summed E-state index contributed by atoms with van der Waals surface area (Å²) in [7, 11) is 1.33. The summed E-state index contributed by atoms with van der Waals surface area (Å²) in [6.07, 6.45) is -0.386. The molecule has 0 saturated heterocycles. The van der Waals surface area contributed by atoms with Crippen molar-refractivity contribution in [1.29, 1.82) is 0 Å². The van der Waals surface area contributed by atoms with Crippen molar-refractivity contribution in [3.8, 4) is 0 Å². The van der Waals surface area contributed by atoms with Crippen LogP contribution in [0.3, 0.4) is 0 Å². The van der Waals surface area contributed by atoms with Gasteiger partial charge in [0.1, 0.15) is 11.4 Å². The van der Waals surface area contributed by atoms with Crippen LogP contribution in [0.1, 0.15) is 50.8 Å². The van der Waals surface area contributed by atoms with Gasteiger partial charge in [0.15, 0.2) is 6.10 Å². The Morgan fingerprint density at radius 3 is 2.54 bits per heavy atom. The molecule has 0 bridgehead atoms. The summed E-state index contributed by atoms with van der Waals surface area (Å²) in [6.45, 7) is 5.26. The van der Waals surface area contributed by atoms with Gasteiger partial charge in [0.2, 0.25) is 0 Å². The number of amides is 1. The van der Waals surface area contributed by atoms with Gasteiger partial charge in [-0.25, -0.2) is 4.79 Å². The molecule has 1 aliphatic heterocycles. The maximum atomic E-state index is 11.7. The fraction of sp³-hybridized carbons (Fsp3) is 0.444. The predicted molar refractivity (Wildman–Crippen MR) is 95.9 cm³/mol. The van der Waals surface area contributed by atoms with E-state index in [4.69, 9.17) is 15.3 Å². The first-order valence-corrected chi connectivity index (χ1v) is 8.14. The van der Waals surface area contributed by atoms with Crippen LogP contribution < -0.4 is 5.73 Å². The first-order valence-electron chi connectivity index (χ1n) is 8.14. The number of amidine groups is 1. The molecule has 0 saturated carbocycles. The van der Waals surface area contributed by atoms with Gasteiger partial charge in [-0.05, 0) is 26.3 Å². The number of oxime groups is 1. The van der Waals surface area contributed by atoms with Gasteiger partial charge in [-0.15, -0.1) is 0 Å². The van der Waals surface area contributed by atoms with Crippen LogP contribution in [-0.2, 0) is 19.1 Å². The van der Waals surface area contributed by atoms with Crippen LogP contribution >= 0.6 is 0 Å². The van der Waals surface area contributed by atoms with E-state index in [0.29, 0.717) is 17.7 Å². The number of aliphatic imine (C=N–C) groups is 1. The smallest absolute Gasteiger partial charge is 0.436 e. The number of methoxy groups -OCH3 is 1. The van der Waals surface area contributed by atoms with Crippen molar-refractivity contribution >= 4 is 23.6 Å². The maximum Gasteiger partial charge on any atom is 0.436 e. The zero-order valence-corrected chi connectivity index (χ0v) is 15.3. The summed E-state index contributed by atoms with van der Waals surface area (Å²) in [5.41, 5.74) is 7.33. The number of carbonyl (C=O) groups is 2. The zero-order chi connectivity index (χ0) is 19.3. The lowest BCUT2D eigenvalue weighted by Gasteiger charge is -2.17. The third-order valence-corrected chi connectivity index (χ3v) is 3.49. The Kier molecular flexibility index (Phi) is 5.97. The average molecular weight is 361 g/mol. The van der Waals surface area contributed by atoms with Gasteiger partial charge in [-0.2, -0.15) is 4.99 Å². The molecule has 1 aromatic carbocycles. The van der Waals surface area contributed by atoms with E-state index in [0.717, 1.165) is 5.56 Å². The predicted octanol–water partition coefficient (Wildman–Crippen LogP) is 2.71. The molecule has 8 heteroatoms. The molecule has 0 fully saturated rings. The van der Waals surface area contributed by atoms with Crippen LogP contribution in [0, 0.1) is 0 Å². The molecular formula is C18H23N3O5. The lowest BCUT2D eigenvalue weighted by molar-refractivity contribution is -0.139. The van der Waals surface area contributed by atoms with Crippen LogP contribution in [0.25, 0.3) is 0 Å². The van der Waals surface area contributed by atoms with Crippen molar-refractivity contribution in [2.24, 2.45) is 15.9 Å². The molecule has 140 valence electrons. The second-order valence-corrected chi connectivity index (χ2v) is 6.81. The van der Waals surface area contributed by atoms with Crippen LogP contribution in [0.15, 0.2) is 34.4 Å². The number of hydrogen-bond acceptors (Lipinski definition) is 6. The normalized spacial score (nSPS) is 17.3. The van der Waals surface area contributed by atoms with Crippen LogP contribution in [0.5, 0.6) is 0 Å². The van der Waals surface area contributed by atoms with Crippen molar-refractivity contribution in [1.82, 2.24) is 0 Å². The molecule has 2 N–H and O–H groups in total. The molecule has 1 amide bonds. The minimum atomic E-state index is -0.737. The third-order valence-electron chi connectivity index (χ3n) is 3.49. The molecule has 0 spiro atoms. The van der Waals surface area contributed by atoms with Crippen molar-refractivity contribution in [3.05, 3.63) is 35.4 Å². The van der Waals surface area contributed by atoms with Gasteiger partial charge in [-0.3, -0.25) is 4.79 Å². The van der Waals surface area contributed by atoms with Gasteiger partial charge in [0, 0.05) is 12.0 Å². The highest BCUT2D eigenvalue weighted by Gasteiger charge is 2.24. The number of benzene rings is 1. The van der Waals surface area contributed by atoms with E-state index >= 15 is 0 Å². The number of hydrogen-bond donors (Lipinski definition) is 1. The molecule has 0 aromatic heterocycles. The molecule has 26 heavy (non-hydrogen) atoms. The van der Waals surface area contributed by atoms with Gasteiger partial charge >= 0.3 is 12.1 Å². The van der Waals surface area contributed by atoms with Gasteiger partial charge in [0.25, 0.3) is 0 Å². The summed E-state index contributed by atoms with van der Waals surface area (Å²) in [5.74, 6) is -0.282. The average Bonchev–Trinajstić information content (AvgIpc) is 3.01. The first-order chi connectivity index (χ1) is 12.2. The number of esters is 1. The zero-order valence-electron chi connectivity index (χ0n) is 15.3. The fourth-order valence-electron chi connectivity index (χ4n) is 2.26. The summed E-state index contributed by atoms with van der Waals surface area (Å²) >= 11 is 0. The highest BCUT2D eigenvalue weighted by Crippen LogP contribution is 2.28. The Bertz CT molecular complexity index is 732. The number of rotatable bonds is 4.